The molecule has 0 aliphatic carbocycles. The lowest BCUT2D eigenvalue weighted by Crippen LogP contribution is -2.25. The van der Waals surface area contributed by atoms with Crippen LogP contribution in [0.2, 0.25) is 0 Å². The lowest BCUT2D eigenvalue weighted by atomic mass is 10.3. The number of thioether (sulfide) groups is 1. The van der Waals surface area contributed by atoms with Crippen LogP contribution in [0, 0.1) is 6.92 Å². The van der Waals surface area contributed by atoms with Gasteiger partial charge in [0.05, 0.1) is 18.4 Å². The Labute approximate surface area is 161 Å². The van der Waals surface area contributed by atoms with Gasteiger partial charge in [0.15, 0.2) is 5.16 Å². The van der Waals surface area contributed by atoms with Gasteiger partial charge in [-0.3, -0.25) is 9.36 Å². The molecule has 1 N–H and O–H groups in total. The van der Waals surface area contributed by atoms with Crippen molar-refractivity contribution in [3.63, 3.8) is 0 Å². The highest BCUT2D eigenvalue weighted by Gasteiger charge is 2.17. The third-order valence-corrected chi connectivity index (χ3v) is 4.99. The summed E-state index contributed by atoms with van der Waals surface area (Å²) in [5.74, 6) is -0.180. The highest BCUT2D eigenvalue weighted by Crippen LogP contribution is 2.21. The van der Waals surface area contributed by atoms with Crippen LogP contribution in [0.25, 0.3) is 11.3 Å². The monoisotopic (exact) mass is 377 g/mol. The number of nitrogens with one attached hydrogen (secondary N) is 1. The molecule has 1 amide bonds. The van der Waals surface area contributed by atoms with E-state index < -0.39 is 0 Å². The number of rotatable bonds is 5. The van der Waals surface area contributed by atoms with Crippen LogP contribution in [0.5, 0.6) is 0 Å². The number of imidazole rings is 2. The van der Waals surface area contributed by atoms with E-state index in [0.717, 1.165) is 27.9 Å². The van der Waals surface area contributed by atoms with Gasteiger partial charge in [0.2, 0.25) is 0 Å². The molecule has 0 aliphatic heterocycles. The zero-order valence-electron chi connectivity index (χ0n) is 15.1. The molecule has 3 heterocycles. The van der Waals surface area contributed by atoms with Crippen molar-refractivity contribution in [2.75, 3.05) is 6.26 Å². The van der Waals surface area contributed by atoms with Gasteiger partial charge in [0.25, 0.3) is 5.91 Å². The Morgan fingerprint density at radius 3 is 2.70 bits per heavy atom. The molecule has 0 unspecified atom stereocenters. The van der Waals surface area contributed by atoms with Crippen molar-refractivity contribution >= 4 is 23.3 Å². The molecule has 7 heteroatoms. The second kappa shape index (κ2) is 7.28. The lowest BCUT2D eigenvalue weighted by Gasteiger charge is -2.10. The normalized spacial score (nSPS) is 11.0. The molecular weight excluding hydrogens is 358 g/mol. The van der Waals surface area contributed by atoms with Crippen molar-refractivity contribution in [2.45, 2.75) is 18.6 Å². The first-order chi connectivity index (χ1) is 13.2. The fourth-order valence-electron chi connectivity index (χ4n) is 3.01. The van der Waals surface area contributed by atoms with Crippen molar-refractivity contribution < 1.29 is 4.79 Å². The number of carbonyl (C=O) groups is 1. The first-order valence-electron chi connectivity index (χ1n) is 8.56. The summed E-state index contributed by atoms with van der Waals surface area (Å²) in [6, 6.07) is 15.7. The average molecular weight is 377 g/mol. The van der Waals surface area contributed by atoms with Gasteiger partial charge in [0.1, 0.15) is 11.3 Å². The van der Waals surface area contributed by atoms with E-state index in [1.54, 1.807) is 6.20 Å². The van der Waals surface area contributed by atoms with Crippen LogP contribution in [-0.2, 0) is 6.54 Å². The minimum atomic E-state index is -0.180. The predicted octanol–water partition coefficient (Wildman–Crippen LogP) is 3.48. The zero-order valence-corrected chi connectivity index (χ0v) is 15.9. The Balaban J connectivity index is 1.58. The number of fused-ring (bicyclic) bond motifs is 1. The molecular formula is C20H19N5OS. The number of hydrogen-bond donors (Lipinski definition) is 1. The number of benzene rings is 1. The fourth-order valence-corrected chi connectivity index (χ4v) is 3.56. The van der Waals surface area contributed by atoms with Crippen molar-refractivity contribution in [1.29, 1.82) is 0 Å². The Morgan fingerprint density at radius 2 is 1.96 bits per heavy atom. The van der Waals surface area contributed by atoms with Crippen molar-refractivity contribution in [2.24, 2.45) is 0 Å². The van der Waals surface area contributed by atoms with Crippen molar-refractivity contribution in [3.8, 4) is 5.69 Å². The number of aryl methyl sites for hydroxylation is 1. The molecule has 4 aromatic rings. The van der Waals surface area contributed by atoms with Crippen molar-refractivity contribution in [1.82, 2.24) is 24.3 Å². The highest BCUT2D eigenvalue weighted by atomic mass is 32.2. The summed E-state index contributed by atoms with van der Waals surface area (Å²) >= 11 is 1.50. The number of amides is 1. The quantitative estimate of drug-likeness (QED) is 0.541. The fraction of sp³-hybridized carbons (Fsp3) is 0.150. The molecule has 6 nitrogen and oxygen atoms in total. The SMILES string of the molecule is CSc1ncc(C(=O)NCc2cn3c(C)cccc3n2)n1-c1ccccc1. The average Bonchev–Trinajstić information content (AvgIpc) is 3.31. The Bertz CT molecular complexity index is 1100. The van der Waals surface area contributed by atoms with E-state index in [9.17, 15) is 4.79 Å². The standard InChI is InChI=1S/C20H19N5OS/c1-14-7-6-10-18-23-15(13-24(14)18)11-21-19(26)17-12-22-20(27-2)25(17)16-8-4-3-5-9-16/h3-10,12-13H,11H2,1-2H3,(H,21,26). The van der Waals surface area contributed by atoms with Gasteiger partial charge < -0.3 is 9.72 Å². The zero-order chi connectivity index (χ0) is 18.8. The van der Waals surface area contributed by atoms with E-state index in [1.165, 1.54) is 11.8 Å². The number of para-hydroxylation sites is 1. The molecule has 0 atom stereocenters. The predicted molar refractivity (Wildman–Crippen MR) is 106 cm³/mol. The molecule has 0 spiro atoms. The number of hydrogen-bond acceptors (Lipinski definition) is 4. The third-order valence-electron chi connectivity index (χ3n) is 4.33. The van der Waals surface area contributed by atoms with E-state index in [0.29, 0.717) is 12.2 Å². The molecule has 0 aliphatic rings. The number of pyridine rings is 1. The number of aromatic nitrogens is 4. The van der Waals surface area contributed by atoms with Crippen molar-refractivity contribution in [3.05, 3.63) is 78.0 Å². The van der Waals surface area contributed by atoms with Crippen LogP contribution < -0.4 is 5.32 Å². The molecule has 0 saturated heterocycles. The van der Waals surface area contributed by atoms with Crippen LogP contribution >= 0.6 is 11.8 Å². The summed E-state index contributed by atoms with van der Waals surface area (Å²) < 4.78 is 3.88. The van der Waals surface area contributed by atoms with Gasteiger partial charge in [-0.1, -0.05) is 36.0 Å². The Hall–Kier alpha value is -3.06. The molecule has 136 valence electrons. The number of nitrogens with zero attached hydrogens (tertiary/aromatic N) is 4. The first kappa shape index (κ1) is 17.4. The lowest BCUT2D eigenvalue weighted by molar-refractivity contribution is 0.0943. The molecule has 1 aromatic carbocycles. The van der Waals surface area contributed by atoms with Crippen LogP contribution in [0.15, 0.2) is 66.1 Å². The van der Waals surface area contributed by atoms with Gasteiger partial charge in [-0.2, -0.15) is 0 Å². The summed E-state index contributed by atoms with van der Waals surface area (Å²) in [6.07, 6.45) is 5.51. The smallest absolute Gasteiger partial charge is 0.270 e. The maximum absolute atomic E-state index is 12.8. The van der Waals surface area contributed by atoms with E-state index >= 15 is 0 Å². The molecule has 0 radical (unpaired) electrons. The maximum Gasteiger partial charge on any atom is 0.270 e. The summed E-state index contributed by atoms with van der Waals surface area (Å²) in [6.45, 7) is 2.38. The molecule has 4 rings (SSSR count). The maximum atomic E-state index is 12.8. The largest absolute Gasteiger partial charge is 0.345 e. The van der Waals surface area contributed by atoms with Gasteiger partial charge in [-0.05, 0) is 37.4 Å². The van der Waals surface area contributed by atoms with Crippen LogP contribution in [0.3, 0.4) is 0 Å². The second-order valence-electron chi connectivity index (χ2n) is 6.11. The summed E-state index contributed by atoms with van der Waals surface area (Å²) in [5.41, 5.74) is 4.20. The van der Waals surface area contributed by atoms with Gasteiger partial charge in [0, 0.05) is 17.6 Å². The molecule has 3 aromatic heterocycles. The van der Waals surface area contributed by atoms with Crippen LogP contribution in [0.4, 0.5) is 0 Å². The molecule has 0 saturated carbocycles. The third kappa shape index (κ3) is 3.33. The summed E-state index contributed by atoms with van der Waals surface area (Å²) in [5, 5.41) is 3.73. The Morgan fingerprint density at radius 1 is 1.15 bits per heavy atom. The van der Waals surface area contributed by atoms with E-state index in [2.05, 4.69) is 15.3 Å². The van der Waals surface area contributed by atoms with E-state index in [-0.39, 0.29) is 5.91 Å². The first-order valence-corrected chi connectivity index (χ1v) is 9.79. The van der Waals surface area contributed by atoms with Gasteiger partial charge in [-0.25, -0.2) is 9.97 Å². The summed E-state index contributed by atoms with van der Waals surface area (Å²) in [7, 11) is 0. The molecule has 0 bridgehead atoms. The molecule has 0 fully saturated rings. The van der Waals surface area contributed by atoms with E-state index in [4.69, 9.17) is 0 Å². The van der Waals surface area contributed by atoms with Gasteiger partial charge >= 0.3 is 0 Å². The second-order valence-corrected chi connectivity index (χ2v) is 6.88. The Kier molecular flexibility index (Phi) is 4.68. The topological polar surface area (TPSA) is 64.2 Å². The molecule has 27 heavy (non-hydrogen) atoms. The van der Waals surface area contributed by atoms with Crippen LogP contribution in [-0.4, -0.2) is 31.1 Å². The van der Waals surface area contributed by atoms with Crippen LogP contribution in [0.1, 0.15) is 21.9 Å². The minimum Gasteiger partial charge on any atom is -0.345 e. The van der Waals surface area contributed by atoms with Gasteiger partial charge in [-0.15, -0.1) is 0 Å². The summed E-state index contributed by atoms with van der Waals surface area (Å²) in [4.78, 5) is 21.7. The highest BCUT2D eigenvalue weighted by molar-refractivity contribution is 7.98. The minimum absolute atomic E-state index is 0.180. The van der Waals surface area contributed by atoms with E-state index in [1.807, 2.05) is 76.9 Å². The number of carbonyl (C=O) groups excluding carboxylic acids is 1.